The molecule has 0 amide bonds. The van der Waals surface area contributed by atoms with Gasteiger partial charge in [0.1, 0.15) is 6.54 Å². The van der Waals surface area contributed by atoms with Crippen molar-refractivity contribution in [3.05, 3.63) is 65.1 Å². The smallest absolute Gasteiger partial charge is 0.191 e. The first-order valence-electron chi connectivity index (χ1n) is 9.27. The first-order valence-corrected chi connectivity index (χ1v) is 9.65. The van der Waals surface area contributed by atoms with E-state index in [1.807, 2.05) is 40.9 Å². The predicted octanol–water partition coefficient (Wildman–Crippen LogP) is 3.79. The van der Waals surface area contributed by atoms with Gasteiger partial charge < -0.3 is 10.6 Å². The van der Waals surface area contributed by atoms with Gasteiger partial charge in [-0.3, -0.25) is 4.40 Å². The maximum atomic E-state index is 6.02. The number of guanidine groups is 1. The molecule has 0 unspecified atom stereocenters. The fourth-order valence-electron chi connectivity index (χ4n) is 3.27. The third-order valence-corrected chi connectivity index (χ3v) is 5.26. The van der Waals surface area contributed by atoms with Crippen molar-refractivity contribution >= 4 is 47.2 Å². The number of hydrogen-bond donors (Lipinski definition) is 2. The molecule has 3 aromatic rings. The summed E-state index contributed by atoms with van der Waals surface area (Å²) in [5, 5.41) is 16.0. The van der Waals surface area contributed by atoms with E-state index in [1.54, 1.807) is 0 Å². The largest absolute Gasteiger partial charge is 0.357 e. The summed E-state index contributed by atoms with van der Waals surface area (Å²) in [5.41, 5.74) is 2.35. The second kappa shape index (κ2) is 9.09. The molecule has 0 bridgehead atoms. The number of hydrogen-bond acceptors (Lipinski definition) is 3. The molecule has 4 rings (SSSR count). The minimum atomic E-state index is 0. The van der Waals surface area contributed by atoms with E-state index in [9.17, 15) is 0 Å². The van der Waals surface area contributed by atoms with Crippen molar-refractivity contribution < 1.29 is 0 Å². The Morgan fingerprint density at radius 1 is 1.14 bits per heavy atom. The molecule has 1 aromatic carbocycles. The molecule has 148 valence electrons. The Kier molecular flexibility index (Phi) is 6.77. The normalized spacial score (nSPS) is 15.1. The van der Waals surface area contributed by atoms with Crippen LogP contribution in [-0.4, -0.2) is 33.6 Å². The Morgan fingerprint density at radius 3 is 2.64 bits per heavy atom. The molecular weight excluding hydrogens is 487 g/mol. The van der Waals surface area contributed by atoms with Crippen LogP contribution in [0.3, 0.4) is 0 Å². The van der Waals surface area contributed by atoms with E-state index in [-0.39, 0.29) is 29.4 Å². The van der Waals surface area contributed by atoms with E-state index >= 15 is 0 Å². The SMILES string of the molecule is CCNC(=NCc1nnc2ccccn12)NCC1(c2ccc(Cl)cc2)CC1.I. The van der Waals surface area contributed by atoms with Crippen molar-refractivity contribution in [1.29, 1.82) is 0 Å². The van der Waals surface area contributed by atoms with Gasteiger partial charge in [-0.2, -0.15) is 0 Å². The number of halogens is 2. The van der Waals surface area contributed by atoms with Crippen LogP contribution in [0.4, 0.5) is 0 Å². The lowest BCUT2D eigenvalue weighted by Gasteiger charge is -2.19. The maximum absolute atomic E-state index is 6.02. The van der Waals surface area contributed by atoms with Gasteiger partial charge in [-0.05, 0) is 49.6 Å². The van der Waals surface area contributed by atoms with Crippen molar-refractivity contribution in [2.24, 2.45) is 4.99 Å². The fraction of sp³-hybridized carbons (Fsp3) is 0.350. The van der Waals surface area contributed by atoms with Crippen LogP contribution in [0.1, 0.15) is 31.2 Å². The summed E-state index contributed by atoms with van der Waals surface area (Å²) >= 11 is 6.02. The average Bonchev–Trinajstić information content (AvgIpc) is 3.37. The van der Waals surface area contributed by atoms with Gasteiger partial charge in [-0.25, -0.2) is 4.99 Å². The van der Waals surface area contributed by atoms with E-state index in [4.69, 9.17) is 16.6 Å². The monoisotopic (exact) mass is 510 g/mol. The summed E-state index contributed by atoms with van der Waals surface area (Å²) in [6, 6.07) is 14.0. The molecule has 0 radical (unpaired) electrons. The van der Waals surface area contributed by atoms with Gasteiger partial charge in [0.2, 0.25) is 0 Å². The zero-order valence-electron chi connectivity index (χ0n) is 15.7. The van der Waals surface area contributed by atoms with E-state index < -0.39 is 0 Å². The highest BCUT2D eigenvalue weighted by Crippen LogP contribution is 2.47. The Bertz CT molecular complexity index is 949. The standard InChI is InChI=1S/C20H23ClN6.HI/c1-2-22-19(23-13-18-26-25-17-5-3-4-12-27(17)18)24-14-20(10-11-20)15-6-8-16(21)9-7-15;/h3-9,12H,2,10-11,13-14H2,1H3,(H2,22,23,24);1H. The minimum absolute atomic E-state index is 0. The Hall–Kier alpha value is -1.87. The number of fused-ring (bicyclic) bond motifs is 1. The number of nitrogens with one attached hydrogen (secondary N) is 2. The number of benzene rings is 1. The van der Waals surface area contributed by atoms with Gasteiger partial charge in [0, 0.05) is 29.7 Å². The van der Waals surface area contributed by atoms with E-state index in [0.29, 0.717) is 6.54 Å². The lowest BCUT2D eigenvalue weighted by molar-refractivity contribution is 0.645. The molecule has 0 atom stereocenters. The summed E-state index contributed by atoms with van der Waals surface area (Å²) in [7, 11) is 0. The predicted molar refractivity (Wildman–Crippen MR) is 124 cm³/mol. The van der Waals surface area contributed by atoms with Crippen LogP contribution in [0.2, 0.25) is 5.02 Å². The molecule has 2 N–H and O–H groups in total. The first-order chi connectivity index (χ1) is 13.2. The molecule has 28 heavy (non-hydrogen) atoms. The summed E-state index contributed by atoms with van der Waals surface area (Å²) in [6.45, 7) is 4.19. The minimum Gasteiger partial charge on any atom is -0.357 e. The average molecular weight is 511 g/mol. The molecule has 1 saturated carbocycles. The van der Waals surface area contributed by atoms with Crippen molar-refractivity contribution in [1.82, 2.24) is 25.2 Å². The zero-order chi connectivity index (χ0) is 18.7. The van der Waals surface area contributed by atoms with Crippen LogP contribution in [0.25, 0.3) is 5.65 Å². The maximum Gasteiger partial charge on any atom is 0.191 e. The van der Waals surface area contributed by atoms with Gasteiger partial charge in [0.05, 0.1) is 0 Å². The highest BCUT2D eigenvalue weighted by Gasteiger charge is 2.44. The number of rotatable bonds is 6. The van der Waals surface area contributed by atoms with Crippen molar-refractivity contribution in [2.45, 2.75) is 31.7 Å². The fourth-order valence-corrected chi connectivity index (χ4v) is 3.39. The van der Waals surface area contributed by atoms with Gasteiger partial charge in [0.25, 0.3) is 0 Å². The molecule has 6 nitrogen and oxygen atoms in total. The summed E-state index contributed by atoms with van der Waals surface area (Å²) in [6.07, 6.45) is 4.31. The van der Waals surface area contributed by atoms with E-state index in [0.717, 1.165) is 35.5 Å². The molecule has 2 heterocycles. The van der Waals surface area contributed by atoms with Crippen LogP contribution in [0.15, 0.2) is 53.7 Å². The Morgan fingerprint density at radius 2 is 1.93 bits per heavy atom. The Labute approximate surface area is 186 Å². The van der Waals surface area contributed by atoms with Crippen LogP contribution in [0, 0.1) is 0 Å². The number of pyridine rings is 1. The molecule has 1 aliphatic rings. The molecule has 0 spiro atoms. The second-order valence-electron chi connectivity index (χ2n) is 6.88. The molecule has 2 aromatic heterocycles. The van der Waals surface area contributed by atoms with Crippen molar-refractivity contribution in [3.8, 4) is 0 Å². The summed E-state index contributed by atoms with van der Waals surface area (Å²) in [5.74, 6) is 1.62. The van der Waals surface area contributed by atoms with Crippen LogP contribution < -0.4 is 10.6 Å². The third-order valence-electron chi connectivity index (χ3n) is 5.01. The summed E-state index contributed by atoms with van der Waals surface area (Å²) in [4.78, 5) is 4.69. The van der Waals surface area contributed by atoms with Gasteiger partial charge >= 0.3 is 0 Å². The molecule has 0 saturated heterocycles. The molecule has 0 aliphatic heterocycles. The Balaban J connectivity index is 0.00000225. The second-order valence-corrected chi connectivity index (χ2v) is 7.32. The number of nitrogens with zero attached hydrogens (tertiary/aromatic N) is 4. The third kappa shape index (κ3) is 4.57. The molecule has 1 fully saturated rings. The van der Waals surface area contributed by atoms with Gasteiger partial charge in [-0.15, -0.1) is 34.2 Å². The molecular formula is C20H24ClIN6. The van der Waals surface area contributed by atoms with E-state index in [2.05, 4.69) is 39.9 Å². The lowest BCUT2D eigenvalue weighted by Crippen LogP contribution is -2.41. The van der Waals surface area contributed by atoms with Crippen LogP contribution >= 0.6 is 35.6 Å². The van der Waals surface area contributed by atoms with Crippen LogP contribution in [0.5, 0.6) is 0 Å². The lowest BCUT2D eigenvalue weighted by atomic mass is 9.96. The van der Waals surface area contributed by atoms with Crippen molar-refractivity contribution in [3.63, 3.8) is 0 Å². The van der Waals surface area contributed by atoms with Gasteiger partial charge in [-0.1, -0.05) is 29.8 Å². The number of aliphatic imine (C=N–C) groups is 1. The highest BCUT2D eigenvalue weighted by molar-refractivity contribution is 14.0. The van der Waals surface area contributed by atoms with E-state index in [1.165, 1.54) is 18.4 Å². The first kappa shape index (κ1) is 20.9. The van der Waals surface area contributed by atoms with Gasteiger partial charge in [0.15, 0.2) is 17.4 Å². The zero-order valence-corrected chi connectivity index (χ0v) is 18.8. The summed E-state index contributed by atoms with van der Waals surface area (Å²) < 4.78 is 1.96. The number of aromatic nitrogens is 3. The van der Waals surface area contributed by atoms with Crippen LogP contribution in [-0.2, 0) is 12.0 Å². The molecule has 8 heteroatoms. The topological polar surface area (TPSA) is 66.6 Å². The molecule has 1 aliphatic carbocycles. The van der Waals surface area contributed by atoms with Crippen molar-refractivity contribution in [2.75, 3.05) is 13.1 Å². The quantitative estimate of drug-likeness (QED) is 0.301. The highest BCUT2D eigenvalue weighted by atomic mass is 127.